The molecule has 16 heavy (non-hydrogen) atoms. The lowest BCUT2D eigenvalue weighted by molar-refractivity contribution is 0.265. The van der Waals surface area contributed by atoms with Gasteiger partial charge in [0.25, 0.3) is 0 Å². The summed E-state index contributed by atoms with van der Waals surface area (Å²) in [7, 11) is -3.33. The fraction of sp³-hybridized carbons (Fsp3) is 0.400. The van der Waals surface area contributed by atoms with Crippen LogP contribution in [-0.2, 0) is 16.3 Å². The first kappa shape index (κ1) is 13.0. The summed E-state index contributed by atoms with van der Waals surface area (Å²) in [5.41, 5.74) is 12.1. The first-order valence-corrected chi connectivity index (χ1v) is 6.68. The van der Waals surface area contributed by atoms with E-state index in [1.54, 1.807) is 6.07 Å². The van der Waals surface area contributed by atoms with E-state index < -0.39 is 15.9 Å². The van der Waals surface area contributed by atoms with Gasteiger partial charge in [-0.05, 0) is 24.1 Å². The molecule has 0 aliphatic heterocycles. The van der Waals surface area contributed by atoms with Crippen molar-refractivity contribution in [2.75, 3.05) is 18.6 Å². The molecule has 0 bridgehead atoms. The van der Waals surface area contributed by atoms with Crippen LogP contribution in [0.5, 0.6) is 0 Å². The van der Waals surface area contributed by atoms with E-state index >= 15 is 0 Å². The second-order valence-electron chi connectivity index (χ2n) is 3.79. The summed E-state index contributed by atoms with van der Waals surface area (Å²) >= 11 is 0. The molecule has 0 spiro atoms. The molecular formula is C10H16N2O3S. The third kappa shape index (κ3) is 3.19. The molecule has 0 aromatic heterocycles. The first-order chi connectivity index (χ1) is 7.34. The van der Waals surface area contributed by atoms with E-state index in [1.165, 1.54) is 12.1 Å². The molecule has 1 rings (SSSR count). The van der Waals surface area contributed by atoms with Crippen molar-refractivity contribution in [2.45, 2.75) is 17.4 Å². The molecular weight excluding hydrogens is 228 g/mol. The fourth-order valence-corrected chi connectivity index (χ4v) is 2.26. The number of aliphatic hydroxyl groups excluding tert-OH is 1. The van der Waals surface area contributed by atoms with Crippen LogP contribution in [-0.4, -0.2) is 32.4 Å². The van der Waals surface area contributed by atoms with Gasteiger partial charge in [0.15, 0.2) is 9.84 Å². The van der Waals surface area contributed by atoms with Crippen LogP contribution < -0.4 is 11.5 Å². The lowest BCUT2D eigenvalue weighted by Gasteiger charge is -2.10. The summed E-state index contributed by atoms with van der Waals surface area (Å²) in [5, 5.41) is 8.81. The molecule has 1 aromatic carbocycles. The van der Waals surface area contributed by atoms with E-state index in [9.17, 15) is 8.42 Å². The van der Waals surface area contributed by atoms with Crippen LogP contribution in [0.25, 0.3) is 0 Å². The van der Waals surface area contributed by atoms with Gasteiger partial charge >= 0.3 is 0 Å². The normalized spacial score (nSPS) is 13.7. The Labute approximate surface area is 95.0 Å². The third-order valence-corrected chi connectivity index (χ3v) is 3.36. The van der Waals surface area contributed by atoms with Crippen LogP contribution in [0.4, 0.5) is 5.69 Å². The van der Waals surface area contributed by atoms with Crippen LogP contribution in [0, 0.1) is 0 Å². The van der Waals surface area contributed by atoms with Crippen molar-refractivity contribution in [2.24, 2.45) is 5.73 Å². The van der Waals surface area contributed by atoms with Crippen molar-refractivity contribution in [3.8, 4) is 0 Å². The Morgan fingerprint density at radius 2 is 2.06 bits per heavy atom. The van der Waals surface area contributed by atoms with Gasteiger partial charge in [-0.2, -0.15) is 0 Å². The van der Waals surface area contributed by atoms with Crippen LogP contribution in [0.2, 0.25) is 0 Å². The number of aliphatic hydroxyl groups is 1. The van der Waals surface area contributed by atoms with Gasteiger partial charge in [0.1, 0.15) is 0 Å². The maximum absolute atomic E-state index is 11.4. The van der Waals surface area contributed by atoms with Gasteiger partial charge in [-0.25, -0.2) is 8.42 Å². The minimum atomic E-state index is -3.33. The maximum Gasteiger partial charge on any atom is 0.177 e. The Hall–Kier alpha value is -1.11. The van der Waals surface area contributed by atoms with E-state index in [-0.39, 0.29) is 17.2 Å². The summed E-state index contributed by atoms with van der Waals surface area (Å²) in [6.07, 6.45) is 1.52. The summed E-state index contributed by atoms with van der Waals surface area (Å²) in [4.78, 5) is 0.107. The lowest BCUT2D eigenvalue weighted by atomic mass is 10.1. The minimum Gasteiger partial charge on any atom is -0.398 e. The van der Waals surface area contributed by atoms with Crippen LogP contribution in [0.3, 0.4) is 0 Å². The Morgan fingerprint density at radius 1 is 1.44 bits per heavy atom. The van der Waals surface area contributed by atoms with Crippen molar-refractivity contribution >= 4 is 15.5 Å². The first-order valence-electron chi connectivity index (χ1n) is 4.79. The lowest BCUT2D eigenvalue weighted by Crippen LogP contribution is -2.26. The summed E-state index contributed by atoms with van der Waals surface area (Å²) in [5.74, 6) is 0. The van der Waals surface area contributed by atoms with Crippen molar-refractivity contribution in [3.05, 3.63) is 23.8 Å². The number of nitrogens with two attached hydrogens (primary N) is 2. The molecule has 5 nitrogen and oxygen atoms in total. The van der Waals surface area contributed by atoms with Gasteiger partial charge in [0.05, 0.1) is 17.2 Å². The number of anilines is 1. The Morgan fingerprint density at radius 3 is 2.56 bits per heavy atom. The molecule has 5 N–H and O–H groups in total. The minimum absolute atomic E-state index is 0.107. The predicted octanol–water partition coefficient (Wildman–Crippen LogP) is -0.466. The third-order valence-electron chi connectivity index (χ3n) is 2.21. The summed E-state index contributed by atoms with van der Waals surface area (Å²) < 4.78 is 22.8. The van der Waals surface area contributed by atoms with Gasteiger partial charge in [-0.3, -0.25) is 0 Å². The highest BCUT2D eigenvalue weighted by Gasteiger charge is 2.13. The van der Waals surface area contributed by atoms with E-state index in [1.807, 2.05) is 0 Å². The van der Waals surface area contributed by atoms with E-state index in [2.05, 4.69) is 0 Å². The summed E-state index contributed by atoms with van der Waals surface area (Å²) in [6.45, 7) is -0.140. The number of nitrogen functional groups attached to an aromatic ring is 1. The molecule has 90 valence electrons. The molecule has 6 heteroatoms. The van der Waals surface area contributed by atoms with E-state index in [0.717, 1.165) is 11.8 Å². The number of hydrogen-bond donors (Lipinski definition) is 3. The highest BCUT2D eigenvalue weighted by molar-refractivity contribution is 7.90. The highest BCUT2D eigenvalue weighted by atomic mass is 32.2. The molecule has 1 unspecified atom stereocenters. The van der Waals surface area contributed by atoms with Crippen molar-refractivity contribution < 1.29 is 13.5 Å². The standard InChI is InChI=1S/C10H16N2O3S/c1-16(14,15)10-5-7(2-3-9(10)12)4-8(11)6-13/h2-3,5,8,13H,4,6,11-12H2,1H3. The quantitative estimate of drug-likeness (QED) is 0.621. The van der Waals surface area contributed by atoms with E-state index in [4.69, 9.17) is 16.6 Å². The van der Waals surface area contributed by atoms with Crippen LogP contribution >= 0.6 is 0 Å². The summed E-state index contributed by atoms with van der Waals surface area (Å²) in [6, 6.07) is 4.35. The molecule has 0 aliphatic rings. The second-order valence-corrected chi connectivity index (χ2v) is 5.78. The van der Waals surface area contributed by atoms with Crippen molar-refractivity contribution in [3.63, 3.8) is 0 Å². The fourth-order valence-electron chi connectivity index (χ4n) is 1.39. The molecule has 0 fully saturated rings. The number of benzene rings is 1. The predicted molar refractivity (Wildman–Crippen MR) is 62.7 cm³/mol. The zero-order valence-electron chi connectivity index (χ0n) is 9.05. The molecule has 0 saturated carbocycles. The maximum atomic E-state index is 11.4. The van der Waals surface area contributed by atoms with Crippen molar-refractivity contribution in [1.29, 1.82) is 0 Å². The number of sulfone groups is 1. The molecule has 1 aromatic rings. The monoisotopic (exact) mass is 244 g/mol. The number of rotatable bonds is 4. The van der Waals surface area contributed by atoms with Crippen LogP contribution in [0.15, 0.2) is 23.1 Å². The molecule has 0 radical (unpaired) electrons. The average molecular weight is 244 g/mol. The topological polar surface area (TPSA) is 106 Å². The zero-order valence-corrected chi connectivity index (χ0v) is 9.87. The molecule has 0 aliphatic carbocycles. The molecule has 0 saturated heterocycles. The Kier molecular flexibility index (Phi) is 3.90. The number of hydrogen-bond acceptors (Lipinski definition) is 5. The van der Waals surface area contributed by atoms with Gasteiger partial charge < -0.3 is 16.6 Å². The van der Waals surface area contributed by atoms with Crippen LogP contribution in [0.1, 0.15) is 5.56 Å². The van der Waals surface area contributed by atoms with Gasteiger partial charge in [0.2, 0.25) is 0 Å². The van der Waals surface area contributed by atoms with Gasteiger partial charge in [-0.15, -0.1) is 0 Å². The smallest absolute Gasteiger partial charge is 0.177 e. The Bertz CT molecular complexity index is 471. The van der Waals surface area contributed by atoms with Crippen molar-refractivity contribution in [1.82, 2.24) is 0 Å². The van der Waals surface area contributed by atoms with Gasteiger partial charge in [0, 0.05) is 12.3 Å². The second kappa shape index (κ2) is 4.82. The zero-order chi connectivity index (χ0) is 12.3. The molecule has 1 atom stereocenters. The highest BCUT2D eigenvalue weighted by Crippen LogP contribution is 2.20. The SMILES string of the molecule is CS(=O)(=O)c1cc(CC(N)CO)ccc1N. The van der Waals surface area contributed by atoms with E-state index in [0.29, 0.717) is 6.42 Å². The van der Waals surface area contributed by atoms with Gasteiger partial charge in [-0.1, -0.05) is 6.07 Å². The Balaban J connectivity index is 3.08. The molecule has 0 amide bonds. The largest absolute Gasteiger partial charge is 0.398 e. The average Bonchev–Trinajstić information content (AvgIpc) is 2.19. The molecule has 0 heterocycles.